The van der Waals surface area contributed by atoms with Gasteiger partial charge in [-0.2, -0.15) is 0 Å². The van der Waals surface area contributed by atoms with E-state index in [4.69, 9.17) is 11.6 Å². The summed E-state index contributed by atoms with van der Waals surface area (Å²) in [5.74, 6) is -0.117. The number of benzene rings is 2. The summed E-state index contributed by atoms with van der Waals surface area (Å²) in [7, 11) is 1.65. The van der Waals surface area contributed by atoms with E-state index < -0.39 is 5.82 Å². The molecule has 2 aromatic rings. The van der Waals surface area contributed by atoms with Crippen LogP contribution in [0, 0.1) is 11.6 Å². The highest BCUT2D eigenvalue weighted by Crippen LogP contribution is 2.15. The topological polar surface area (TPSA) is 36.4 Å². The molecule has 0 heterocycles. The zero-order valence-corrected chi connectivity index (χ0v) is 15.5. The molecule has 0 aromatic heterocycles. The van der Waals surface area contributed by atoms with Gasteiger partial charge in [0.1, 0.15) is 11.6 Å². The van der Waals surface area contributed by atoms with Crippen molar-refractivity contribution in [1.29, 1.82) is 0 Å². The van der Waals surface area contributed by atoms with E-state index in [-0.39, 0.29) is 34.8 Å². The molecule has 0 radical (unpaired) electrons. The molecule has 0 saturated carbocycles. The van der Waals surface area contributed by atoms with Gasteiger partial charge in [0.05, 0.1) is 5.02 Å². The van der Waals surface area contributed by atoms with Crippen molar-refractivity contribution in [2.45, 2.75) is 13.1 Å². The van der Waals surface area contributed by atoms with Gasteiger partial charge in [-0.1, -0.05) is 29.8 Å². The Morgan fingerprint density at radius 2 is 1.57 bits per heavy atom. The van der Waals surface area contributed by atoms with E-state index in [1.54, 1.807) is 31.3 Å². The van der Waals surface area contributed by atoms with Crippen molar-refractivity contribution in [3.63, 3.8) is 0 Å². The van der Waals surface area contributed by atoms with E-state index in [9.17, 15) is 8.78 Å². The molecule has 0 aliphatic rings. The van der Waals surface area contributed by atoms with Crippen LogP contribution in [0.15, 0.2) is 47.5 Å². The predicted octanol–water partition coefficient (Wildman–Crippen LogP) is 4.10. The SMILES string of the molecule is CN=C(NCc1ccc(F)cc1)NCc1ccc(F)c(Cl)c1.I. The van der Waals surface area contributed by atoms with Crippen molar-refractivity contribution >= 4 is 41.5 Å². The Morgan fingerprint density at radius 1 is 1.00 bits per heavy atom. The minimum atomic E-state index is -0.441. The molecule has 0 aliphatic heterocycles. The van der Waals surface area contributed by atoms with Crippen LogP contribution in [0.1, 0.15) is 11.1 Å². The Labute approximate surface area is 156 Å². The van der Waals surface area contributed by atoms with Crippen molar-refractivity contribution < 1.29 is 8.78 Å². The summed E-state index contributed by atoms with van der Waals surface area (Å²) in [6.45, 7) is 0.979. The Kier molecular flexibility index (Phi) is 8.25. The summed E-state index contributed by atoms with van der Waals surface area (Å²) in [6, 6.07) is 10.8. The van der Waals surface area contributed by atoms with E-state index in [1.807, 2.05) is 0 Å². The Hall–Kier alpha value is -1.41. The van der Waals surface area contributed by atoms with Crippen molar-refractivity contribution in [3.8, 4) is 0 Å². The number of aliphatic imine (C=N–C) groups is 1. The summed E-state index contributed by atoms with van der Waals surface area (Å²) in [4.78, 5) is 4.09. The summed E-state index contributed by atoms with van der Waals surface area (Å²) < 4.78 is 25.9. The Morgan fingerprint density at radius 3 is 2.13 bits per heavy atom. The molecule has 2 aromatic carbocycles. The lowest BCUT2D eigenvalue weighted by molar-refractivity contribution is 0.626. The monoisotopic (exact) mass is 451 g/mol. The molecule has 0 unspecified atom stereocenters. The van der Waals surface area contributed by atoms with E-state index in [1.165, 1.54) is 18.2 Å². The normalized spacial score (nSPS) is 10.9. The van der Waals surface area contributed by atoms with Gasteiger partial charge in [0, 0.05) is 20.1 Å². The second kappa shape index (κ2) is 9.67. The van der Waals surface area contributed by atoms with Gasteiger partial charge in [0.15, 0.2) is 5.96 Å². The molecule has 0 aliphatic carbocycles. The third-order valence-corrected chi connectivity index (χ3v) is 3.33. The molecule has 2 rings (SSSR count). The summed E-state index contributed by atoms with van der Waals surface area (Å²) in [6.07, 6.45) is 0. The first-order chi connectivity index (χ1) is 10.6. The zero-order valence-electron chi connectivity index (χ0n) is 12.4. The number of hydrogen-bond donors (Lipinski definition) is 2. The molecule has 0 spiro atoms. The molecule has 7 heteroatoms. The first-order valence-corrected chi connectivity index (χ1v) is 7.09. The third-order valence-electron chi connectivity index (χ3n) is 3.04. The minimum Gasteiger partial charge on any atom is -0.352 e. The second-order valence-corrected chi connectivity index (χ2v) is 5.06. The number of halogens is 4. The van der Waals surface area contributed by atoms with Gasteiger partial charge >= 0.3 is 0 Å². The van der Waals surface area contributed by atoms with Crippen molar-refractivity contribution in [2.75, 3.05) is 7.05 Å². The largest absolute Gasteiger partial charge is 0.352 e. The molecular formula is C16H17ClF2IN3. The van der Waals surface area contributed by atoms with Crippen LogP contribution in [0.2, 0.25) is 5.02 Å². The van der Waals surface area contributed by atoms with Crippen molar-refractivity contribution in [2.24, 2.45) is 4.99 Å². The highest BCUT2D eigenvalue weighted by atomic mass is 127. The highest BCUT2D eigenvalue weighted by molar-refractivity contribution is 14.0. The molecule has 0 bridgehead atoms. The highest BCUT2D eigenvalue weighted by Gasteiger charge is 2.03. The van der Waals surface area contributed by atoms with E-state index in [2.05, 4.69) is 15.6 Å². The smallest absolute Gasteiger partial charge is 0.191 e. The maximum atomic E-state index is 13.1. The van der Waals surface area contributed by atoms with Gasteiger partial charge in [-0.15, -0.1) is 24.0 Å². The van der Waals surface area contributed by atoms with Crippen LogP contribution in [0.25, 0.3) is 0 Å². The molecule has 0 amide bonds. The van der Waals surface area contributed by atoms with E-state index >= 15 is 0 Å². The van der Waals surface area contributed by atoms with Crippen LogP contribution in [-0.2, 0) is 13.1 Å². The zero-order chi connectivity index (χ0) is 15.9. The number of nitrogens with one attached hydrogen (secondary N) is 2. The quantitative estimate of drug-likeness (QED) is 0.417. The van der Waals surface area contributed by atoms with Gasteiger partial charge in [-0.05, 0) is 35.4 Å². The molecule has 3 nitrogen and oxygen atoms in total. The van der Waals surface area contributed by atoms with Gasteiger partial charge in [0.25, 0.3) is 0 Å². The van der Waals surface area contributed by atoms with Crippen LogP contribution in [0.4, 0.5) is 8.78 Å². The van der Waals surface area contributed by atoms with Crippen LogP contribution < -0.4 is 10.6 Å². The second-order valence-electron chi connectivity index (χ2n) is 4.65. The fourth-order valence-electron chi connectivity index (χ4n) is 1.84. The van der Waals surface area contributed by atoms with Crippen molar-refractivity contribution in [1.82, 2.24) is 10.6 Å². The van der Waals surface area contributed by atoms with E-state index in [0.717, 1.165) is 11.1 Å². The van der Waals surface area contributed by atoms with Crippen LogP contribution in [-0.4, -0.2) is 13.0 Å². The first-order valence-electron chi connectivity index (χ1n) is 6.71. The molecule has 0 fully saturated rings. The van der Waals surface area contributed by atoms with Crippen LogP contribution in [0.3, 0.4) is 0 Å². The maximum Gasteiger partial charge on any atom is 0.191 e. The van der Waals surface area contributed by atoms with Gasteiger partial charge < -0.3 is 10.6 Å². The summed E-state index contributed by atoms with van der Waals surface area (Å²) in [5.41, 5.74) is 1.78. The minimum absolute atomic E-state index is 0. The molecule has 0 atom stereocenters. The lowest BCUT2D eigenvalue weighted by atomic mass is 10.2. The molecular weight excluding hydrogens is 435 g/mol. The number of guanidine groups is 1. The number of nitrogens with zero attached hydrogens (tertiary/aromatic N) is 1. The van der Waals surface area contributed by atoms with Crippen molar-refractivity contribution in [3.05, 3.63) is 70.2 Å². The average molecular weight is 452 g/mol. The average Bonchev–Trinajstić information content (AvgIpc) is 2.52. The maximum absolute atomic E-state index is 13.1. The number of rotatable bonds is 4. The first kappa shape index (κ1) is 19.6. The standard InChI is InChI=1S/C16H16ClF2N3.HI/c1-20-16(21-9-11-2-5-13(18)6-3-11)22-10-12-4-7-15(19)14(17)8-12;/h2-8H,9-10H2,1H3,(H2,20,21,22);1H. The summed E-state index contributed by atoms with van der Waals surface area (Å²) in [5, 5.41) is 6.30. The summed E-state index contributed by atoms with van der Waals surface area (Å²) >= 11 is 5.74. The molecule has 124 valence electrons. The van der Waals surface area contributed by atoms with Crippen LogP contribution in [0.5, 0.6) is 0 Å². The fourth-order valence-corrected chi connectivity index (χ4v) is 2.05. The van der Waals surface area contributed by atoms with E-state index in [0.29, 0.717) is 19.0 Å². The van der Waals surface area contributed by atoms with Gasteiger partial charge in [0.2, 0.25) is 0 Å². The Balaban J connectivity index is 0.00000264. The number of hydrogen-bond acceptors (Lipinski definition) is 1. The lowest BCUT2D eigenvalue weighted by Crippen LogP contribution is -2.36. The lowest BCUT2D eigenvalue weighted by Gasteiger charge is -2.12. The van der Waals surface area contributed by atoms with Crippen LogP contribution >= 0.6 is 35.6 Å². The predicted molar refractivity (Wildman–Crippen MR) is 100 cm³/mol. The molecule has 2 N–H and O–H groups in total. The van der Waals surface area contributed by atoms with Gasteiger partial charge in [-0.3, -0.25) is 4.99 Å². The third kappa shape index (κ3) is 6.31. The van der Waals surface area contributed by atoms with Gasteiger partial charge in [-0.25, -0.2) is 8.78 Å². The Bertz CT molecular complexity index is 663. The fraction of sp³-hybridized carbons (Fsp3) is 0.188. The molecule has 23 heavy (non-hydrogen) atoms. The molecule has 0 saturated heterocycles.